The van der Waals surface area contributed by atoms with Crippen LogP contribution in [-0.4, -0.2) is 40.8 Å². The van der Waals surface area contributed by atoms with Gasteiger partial charge in [-0.15, -0.1) is 0 Å². The third kappa shape index (κ3) is 4.84. The van der Waals surface area contributed by atoms with Gasteiger partial charge in [0.05, 0.1) is 6.20 Å². The number of nitrogens with zero attached hydrogens (tertiary/aromatic N) is 4. The molecule has 31 heavy (non-hydrogen) atoms. The lowest BCUT2D eigenvalue weighted by atomic mass is 10.1. The number of amides is 2. The van der Waals surface area contributed by atoms with E-state index in [0.717, 1.165) is 24.7 Å². The number of hydrogen-bond acceptors (Lipinski definition) is 3. The van der Waals surface area contributed by atoms with Crippen LogP contribution in [0.1, 0.15) is 24.0 Å². The average Bonchev–Trinajstić information content (AvgIpc) is 3.45. The molecule has 0 unspecified atom stereocenters. The predicted molar refractivity (Wildman–Crippen MR) is 115 cm³/mol. The van der Waals surface area contributed by atoms with Gasteiger partial charge in [-0.1, -0.05) is 18.2 Å². The number of anilines is 1. The highest BCUT2D eigenvalue weighted by molar-refractivity contribution is 5.74. The van der Waals surface area contributed by atoms with Crippen LogP contribution in [0.15, 0.2) is 54.9 Å². The van der Waals surface area contributed by atoms with Gasteiger partial charge in [-0.05, 0) is 36.6 Å². The van der Waals surface area contributed by atoms with E-state index >= 15 is 0 Å². The molecule has 6 nitrogen and oxygen atoms in total. The number of nitrogens with one attached hydrogen (secondary N) is 1. The second kappa shape index (κ2) is 9.16. The van der Waals surface area contributed by atoms with E-state index in [2.05, 4.69) is 27.4 Å². The van der Waals surface area contributed by atoms with E-state index < -0.39 is 11.6 Å². The minimum absolute atomic E-state index is 0.148. The molecular formula is C23H25F2N5O. The Morgan fingerprint density at radius 2 is 1.90 bits per heavy atom. The van der Waals surface area contributed by atoms with Gasteiger partial charge in [0.2, 0.25) is 0 Å². The van der Waals surface area contributed by atoms with E-state index in [4.69, 9.17) is 0 Å². The van der Waals surface area contributed by atoms with Gasteiger partial charge in [0.15, 0.2) is 5.82 Å². The van der Waals surface area contributed by atoms with E-state index in [1.165, 1.54) is 35.3 Å². The summed E-state index contributed by atoms with van der Waals surface area (Å²) in [5.41, 5.74) is 3.15. The zero-order chi connectivity index (χ0) is 21.8. The monoisotopic (exact) mass is 425 g/mol. The maximum atomic E-state index is 13.9. The standard InChI is InChI=1S/C23H25F2N5O/c1-28(16-18-6-2-3-7-21(18)29-10-4-5-11-29)23(31)26-13-17-14-27-30(15-17)22-9-8-19(24)12-20(22)25/h2-3,6-9,12,14-15H,4-5,10-11,13,16H2,1H3,(H,26,31). The minimum atomic E-state index is -0.699. The van der Waals surface area contributed by atoms with Crippen molar-refractivity contribution >= 4 is 11.7 Å². The number of carbonyl (C=O) groups excluding carboxylic acids is 1. The van der Waals surface area contributed by atoms with Crippen molar-refractivity contribution in [3.8, 4) is 5.69 Å². The quantitative estimate of drug-likeness (QED) is 0.647. The number of urea groups is 1. The molecule has 1 N–H and O–H groups in total. The first kappa shape index (κ1) is 20.8. The van der Waals surface area contributed by atoms with Gasteiger partial charge in [0, 0.05) is 56.7 Å². The van der Waals surface area contributed by atoms with E-state index in [9.17, 15) is 13.6 Å². The van der Waals surface area contributed by atoms with Crippen LogP contribution in [0.5, 0.6) is 0 Å². The molecule has 0 atom stereocenters. The fourth-order valence-corrected chi connectivity index (χ4v) is 3.80. The van der Waals surface area contributed by atoms with Crippen LogP contribution in [-0.2, 0) is 13.1 Å². The Kier molecular flexibility index (Phi) is 6.16. The molecule has 4 rings (SSSR count). The van der Waals surface area contributed by atoms with Crippen LogP contribution >= 0.6 is 0 Å². The van der Waals surface area contributed by atoms with Crippen molar-refractivity contribution in [2.75, 3.05) is 25.0 Å². The Morgan fingerprint density at radius 3 is 2.68 bits per heavy atom. The van der Waals surface area contributed by atoms with E-state index in [1.54, 1.807) is 24.3 Å². The maximum absolute atomic E-state index is 13.9. The zero-order valence-electron chi connectivity index (χ0n) is 17.4. The molecule has 2 aromatic carbocycles. The summed E-state index contributed by atoms with van der Waals surface area (Å²) in [6, 6.07) is 11.3. The summed E-state index contributed by atoms with van der Waals surface area (Å²) in [5.74, 6) is -1.34. The molecule has 0 radical (unpaired) electrons. The van der Waals surface area contributed by atoms with Gasteiger partial charge in [-0.2, -0.15) is 5.10 Å². The van der Waals surface area contributed by atoms with E-state index in [-0.39, 0.29) is 18.3 Å². The predicted octanol–water partition coefficient (Wildman–Crippen LogP) is 4.09. The number of para-hydroxylation sites is 1. The topological polar surface area (TPSA) is 53.4 Å². The van der Waals surface area contributed by atoms with Crippen LogP contribution in [0.3, 0.4) is 0 Å². The molecule has 1 aliphatic rings. The lowest BCUT2D eigenvalue weighted by Gasteiger charge is -2.24. The van der Waals surface area contributed by atoms with Gasteiger partial charge >= 0.3 is 6.03 Å². The fourth-order valence-electron chi connectivity index (χ4n) is 3.80. The molecule has 8 heteroatoms. The summed E-state index contributed by atoms with van der Waals surface area (Å²) in [5, 5.41) is 6.97. The molecule has 1 aromatic heterocycles. The van der Waals surface area contributed by atoms with E-state index in [1.807, 2.05) is 12.1 Å². The third-order valence-corrected chi connectivity index (χ3v) is 5.43. The number of aromatic nitrogens is 2. The zero-order valence-corrected chi connectivity index (χ0v) is 17.4. The second-order valence-corrected chi connectivity index (χ2v) is 7.73. The number of carbonyl (C=O) groups is 1. The highest BCUT2D eigenvalue weighted by Gasteiger charge is 2.17. The molecule has 1 saturated heterocycles. The first-order valence-corrected chi connectivity index (χ1v) is 10.3. The molecule has 162 valence electrons. The molecule has 0 spiro atoms. The molecule has 2 heterocycles. The number of hydrogen-bond donors (Lipinski definition) is 1. The molecular weight excluding hydrogens is 400 g/mol. The normalized spacial score (nSPS) is 13.5. The average molecular weight is 425 g/mol. The van der Waals surface area contributed by atoms with Crippen molar-refractivity contribution in [1.29, 1.82) is 0 Å². The van der Waals surface area contributed by atoms with Crippen LogP contribution in [0.2, 0.25) is 0 Å². The summed E-state index contributed by atoms with van der Waals surface area (Å²) >= 11 is 0. The smallest absolute Gasteiger partial charge is 0.317 e. The van der Waals surface area contributed by atoms with Crippen molar-refractivity contribution in [2.24, 2.45) is 0 Å². The fraction of sp³-hybridized carbons (Fsp3) is 0.304. The number of rotatable bonds is 6. The summed E-state index contributed by atoms with van der Waals surface area (Å²) in [6.07, 6.45) is 5.55. The Hall–Kier alpha value is -3.42. The van der Waals surface area contributed by atoms with Crippen molar-refractivity contribution in [2.45, 2.75) is 25.9 Å². The summed E-state index contributed by atoms with van der Waals surface area (Å²) in [7, 11) is 1.76. The van der Waals surface area contributed by atoms with Crippen molar-refractivity contribution in [3.05, 3.63) is 77.6 Å². The maximum Gasteiger partial charge on any atom is 0.317 e. The van der Waals surface area contributed by atoms with Crippen molar-refractivity contribution < 1.29 is 13.6 Å². The van der Waals surface area contributed by atoms with Gasteiger partial charge in [-0.3, -0.25) is 0 Å². The highest BCUT2D eigenvalue weighted by atomic mass is 19.1. The van der Waals surface area contributed by atoms with Crippen LogP contribution < -0.4 is 10.2 Å². The van der Waals surface area contributed by atoms with Crippen LogP contribution in [0.25, 0.3) is 5.69 Å². The molecule has 3 aromatic rings. The van der Waals surface area contributed by atoms with Gasteiger partial charge < -0.3 is 15.1 Å². The minimum Gasteiger partial charge on any atom is -0.371 e. The summed E-state index contributed by atoms with van der Waals surface area (Å²) in [4.78, 5) is 16.6. The molecule has 1 aliphatic heterocycles. The van der Waals surface area contributed by atoms with Gasteiger partial charge in [0.25, 0.3) is 0 Å². The molecule has 1 fully saturated rings. The Balaban J connectivity index is 1.36. The van der Waals surface area contributed by atoms with Crippen molar-refractivity contribution in [3.63, 3.8) is 0 Å². The number of benzene rings is 2. The van der Waals surface area contributed by atoms with Gasteiger partial charge in [-0.25, -0.2) is 18.3 Å². The van der Waals surface area contributed by atoms with Gasteiger partial charge in [0.1, 0.15) is 11.5 Å². The SMILES string of the molecule is CN(Cc1ccccc1N1CCCC1)C(=O)NCc1cnn(-c2ccc(F)cc2F)c1. The largest absolute Gasteiger partial charge is 0.371 e. The first-order chi connectivity index (χ1) is 15.0. The molecule has 0 aliphatic carbocycles. The lowest BCUT2D eigenvalue weighted by molar-refractivity contribution is 0.206. The summed E-state index contributed by atoms with van der Waals surface area (Å²) < 4.78 is 28.4. The Bertz CT molecular complexity index is 1060. The first-order valence-electron chi connectivity index (χ1n) is 10.3. The third-order valence-electron chi connectivity index (χ3n) is 5.43. The Labute approximate surface area is 180 Å². The second-order valence-electron chi connectivity index (χ2n) is 7.73. The number of halogens is 2. The molecule has 2 amide bonds. The van der Waals surface area contributed by atoms with Crippen LogP contribution in [0.4, 0.5) is 19.3 Å². The lowest BCUT2D eigenvalue weighted by Crippen LogP contribution is -2.36. The molecule has 0 saturated carbocycles. The van der Waals surface area contributed by atoms with Crippen LogP contribution in [0, 0.1) is 11.6 Å². The van der Waals surface area contributed by atoms with E-state index in [0.29, 0.717) is 12.1 Å². The summed E-state index contributed by atoms with van der Waals surface area (Å²) in [6.45, 7) is 2.84. The highest BCUT2D eigenvalue weighted by Crippen LogP contribution is 2.25. The Morgan fingerprint density at radius 1 is 1.13 bits per heavy atom. The van der Waals surface area contributed by atoms with Crippen molar-refractivity contribution in [1.82, 2.24) is 20.0 Å². The molecule has 0 bridgehead atoms.